The van der Waals surface area contributed by atoms with Crippen LogP contribution in [-0.4, -0.2) is 12.5 Å². The normalized spacial score (nSPS) is 16.7. The Morgan fingerprint density at radius 1 is 1.41 bits per heavy atom. The second-order valence-corrected chi connectivity index (χ2v) is 6.25. The van der Waals surface area contributed by atoms with Crippen LogP contribution in [0.25, 0.3) is 0 Å². The molecule has 1 aliphatic carbocycles. The Balaban J connectivity index is 2.22. The molecule has 1 aromatic rings. The standard InChI is InChI=1S/C12H14Br2N2O/c1-7-4-8(13)10(9(14)5-7)16-11(17)12(6-15)2-3-12/h4-5H,2-3,6,15H2,1H3,(H,16,17). The minimum absolute atomic E-state index is 0.0188. The summed E-state index contributed by atoms with van der Waals surface area (Å²) < 4.78 is 1.76. The van der Waals surface area contributed by atoms with Crippen LogP contribution in [0.5, 0.6) is 0 Å². The quantitative estimate of drug-likeness (QED) is 0.868. The van der Waals surface area contributed by atoms with Crippen molar-refractivity contribution in [3.05, 3.63) is 26.6 Å². The van der Waals surface area contributed by atoms with Crippen molar-refractivity contribution in [3.8, 4) is 0 Å². The van der Waals surface area contributed by atoms with Crippen LogP contribution in [0.3, 0.4) is 0 Å². The van der Waals surface area contributed by atoms with Gasteiger partial charge in [-0.3, -0.25) is 4.79 Å². The van der Waals surface area contributed by atoms with Crippen molar-refractivity contribution in [2.24, 2.45) is 11.1 Å². The molecule has 3 nitrogen and oxygen atoms in total. The van der Waals surface area contributed by atoms with Gasteiger partial charge in [0.25, 0.3) is 0 Å². The number of amides is 1. The Morgan fingerprint density at radius 2 is 1.94 bits per heavy atom. The fourth-order valence-corrected chi connectivity index (χ4v) is 3.35. The third-order valence-corrected chi connectivity index (χ3v) is 4.40. The first-order valence-electron chi connectivity index (χ1n) is 5.46. The summed E-state index contributed by atoms with van der Waals surface area (Å²) in [7, 11) is 0. The molecular formula is C12H14Br2N2O. The molecule has 0 bridgehead atoms. The molecule has 2 rings (SSSR count). The zero-order chi connectivity index (χ0) is 12.6. The van der Waals surface area contributed by atoms with Crippen LogP contribution in [0.2, 0.25) is 0 Å². The second-order valence-electron chi connectivity index (χ2n) is 4.54. The maximum atomic E-state index is 12.1. The lowest BCUT2D eigenvalue weighted by molar-refractivity contribution is -0.120. The molecule has 0 atom stereocenters. The number of nitrogens with one attached hydrogen (secondary N) is 1. The maximum Gasteiger partial charge on any atom is 0.231 e. The molecule has 1 fully saturated rings. The van der Waals surface area contributed by atoms with E-state index < -0.39 is 0 Å². The van der Waals surface area contributed by atoms with Crippen molar-refractivity contribution in [2.75, 3.05) is 11.9 Å². The molecule has 0 unspecified atom stereocenters. The van der Waals surface area contributed by atoms with E-state index in [1.807, 2.05) is 19.1 Å². The van der Waals surface area contributed by atoms with Crippen LogP contribution < -0.4 is 11.1 Å². The molecule has 92 valence electrons. The fraction of sp³-hybridized carbons (Fsp3) is 0.417. The number of carbonyl (C=O) groups excluding carboxylic acids is 1. The third-order valence-electron chi connectivity index (χ3n) is 3.15. The molecule has 0 spiro atoms. The van der Waals surface area contributed by atoms with E-state index in [-0.39, 0.29) is 11.3 Å². The monoisotopic (exact) mass is 360 g/mol. The minimum Gasteiger partial charge on any atom is -0.329 e. The van der Waals surface area contributed by atoms with Crippen LogP contribution >= 0.6 is 31.9 Å². The predicted octanol–water partition coefficient (Wildman–Crippen LogP) is 3.20. The van der Waals surface area contributed by atoms with Crippen molar-refractivity contribution < 1.29 is 4.79 Å². The average molecular weight is 362 g/mol. The van der Waals surface area contributed by atoms with E-state index in [2.05, 4.69) is 37.2 Å². The van der Waals surface area contributed by atoms with Gasteiger partial charge >= 0.3 is 0 Å². The Hall–Kier alpha value is -0.390. The van der Waals surface area contributed by atoms with Gasteiger partial charge in [-0.05, 0) is 69.3 Å². The number of nitrogens with two attached hydrogens (primary N) is 1. The Kier molecular flexibility index (Phi) is 3.61. The number of hydrogen-bond acceptors (Lipinski definition) is 2. The lowest BCUT2D eigenvalue weighted by atomic mass is 10.1. The van der Waals surface area contributed by atoms with Crippen LogP contribution in [0, 0.1) is 12.3 Å². The first kappa shape index (κ1) is 13.1. The highest BCUT2D eigenvalue weighted by Gasteiger charge is 2.48. The summed E-state index contributed by atoms with van der Waals surface area (Å²) in [4.78, 5) is 12.1. The number of aryl methyl sites for hydroxylation is 1. The molecule has 17 heavy (non-hydrogen) atoms. The van der Waals surface area contributed by atoms with Crippen LogP contribution in [0.15, 0.2) is 21.1 Å². The summed E-state index contributed by atoms with van der Waals surface area (Å²) in [6, 6.07) is 3.95. The largest absolute Gasteiger partial charge is 0.329 e. The lowest BCUT2D eigenvalue weighted by Gasteiger charge is -2.15. The number of halogens is 2. The van der Waals surface area contributed by atoms with Gasteiger partial charge in [-0.25, -0.2) is 0 Å². The van der Waals surface area contributed by atoms with Gasteiger partial charge in [-0.2, -0.15) is 0 Å². The van der Waals surface area contributed by atoms with Crippen molar-refractivity contribution in [1.29, 1.82) is 0 Å². The van der Waals surface area contributed by atoms with Crippen molar-refractivity contribution in [1.82, 2.24) is 0 Å². The van der Waals surface area contributed by atoms with E-state index in [0.29, 0.717) is 6.54 Å². The molecule has 0 saturated heterocycles. The van der Waals surface area contributed by atoms with Crippen LogP contribution in [0.4, 0.5) is 5.69 Å². The fourth-order valence-electron chi connectivity index (χ4n) is 1.74. The van der Waals surface area contributed by atoms with E-state index in [1.54, 1.807) is 0 Å². The molecule has 0 heterocycles. The van der Waals surface area contributed by atoms with Crippen molar-refractivity contribution >= 4 is 43.5 Å². The number of rotatable bonds is 3. The van der Waals surface area contributed by atoms with E-state index in [4.69, 9.17) is 5.73 Å². The van der Waals surface area contributed by atoms with Gasteiger partial charge in [0.05, 0.1) is 11.1 Å². The third kappa shape index (κ3) is 2.56. The van der Waals surface area contributed by atoms with Gasteiger partial charge in [-0.1, -0.05) is 0 Å². The molecule has 1 amide bonds. The number of carbonyl (C=O) groups is 1. The number of hydrogen-bond donors (Lipinski definition) is 2. The summed E-state index contributed by atoms with van der Waals surface area (Å²) >= 11 is 6.92. The molecule has 1 aromatic carbocycles. The number of anilines is 1. The molecule has 1 saturated carbocycles. The topological polar surface area (TPSA) is 55.1 Å². The summed E-state index contributed by atoms with van der Waals surface area (Å²) in [5, 5.41) is 2.95. The van der Waals surface area contributed by atoms with E-state index in [1.165, 1.54) is 0 Å². The molecule has 1 aliphatic rings. The first-order chi connectivity index (χ1) is 7.98. The molecule has 5 heteroatoms. The van der Waals surface area contributed by atoms with Crippen molar-refractivity contribution in [3.63, 3.8) is 0 Å². The highest BCUT2D eigenvalue weighted by molar-refractivity contribution is 9.11. The summed E-state index contributed by atoms with van der Waals surface area (Å²) in [5.74, 6) is 0.0188. The van der Waals surface area contributed by atoms with Crippen LogP contribution in [0.1, 0.15) is 18.4 Å². The second kappa shape index (κ2) is 4.71. The van der Waals surface area contributed by atoms with Gasteiger partial charge in [-0.15, -0.1) is 0 Å². The average Bonchev–Trinajstić information content (AvgIpc) is 3.03. The van der Waals surface area contributed by atoms with Gasteiger partial charge < -0.3 is 11.1 Å². The zero-order valence-corrected chi connectivity index (χ0v) is 12.7. The maximum absolute atomic E-state index is 12.1. The zero-order valence-electron chi connectivity index (χ0n) is 9.52. The predicted molar refractivity (Wildman–Crippen MR) is 75.9 cm³/mol. The number of benzene rings is 1. The van der Waals surface area contributed by atoms with Gasteiger partial charge in [0.1, 0.15) is 0 Å². The molecular weight excluding hydrogens is 348 g/mol. The van der Waals surface area contributed by atoms with E-state index >= 15 is 0 Å². The highest BCUT2D eigenvalue weighted by atomic mass is 79.9. The molecule has 3 N–H and O–H groups in total. The minimum atomic E-state index is -0.330. The van der Waals surface area contributed by atoms with Gasteiger partial charge in [0.2, 0.25) is 5.91 Å². The van der Waals surface area contributed by atoms with Gasteiger partial charge in [0, 0.05) is 15.5 Å². The SMILES string of the molecule is Cc1cc(Br)c(NC(=O)C2(CN)CC2)c(Br)c1. The van der Waals surface area contributed by atoms with Crippen molar-refractivity contribution in [2.45, 2.75) is 19.8 Å². The summed E-state index contributed by atoms with van der Waals surface area (Å²) in [5.41, 5.74) is 7.21. The molecule has 0 radical (unpaired) electrons. The summed E-state index contributed by atoms with van der Waals surface area (Å²) in [6.07, 6.45) is 1.77. The first-order valence-corrected chi connectivity index (χ1v) is 7.04. The van der Waals surface area contributed by atoms with Crippen LogP contribution in [-0.2, 0) is 4.79 Å². The Morgan fingerprint density at radius 3 is 2.35 bits per heavy atom. The Bertz CT molecular complexity index is 447. The lowest BCUT2D eigenvalue weighted by Crippen LogP contribution is -2.31. The highest BCUT2D eigenvalue weighted by Crippen LogP contribution is 2.46. The van der Waals surface area contributed by atoms with E-state index in [9.17, 15) is 4.79 Å². The van der Waals surface area contributed by atoms with E-state index in [0.717, 1.165) is 33.0 Å². The summed E-state index contributed by atoms with van der Waals surface area (Å²) in [6.45, 7) is 2.42. The Labute approximate surface area is 117 Å². The molecule has 0 aromatic heterocycles. The smallest absolute Gasteiger partial charge is 0.231 e. The van der Waals surface area contributed by atoms with Gasteiger partial charge in [0.15, 0.2) is 0 Å². The molecule has 0 aliphatic heterocycles.